The average molecular weight is 472 g/mol. The number of aryl methyl sites for hydroxylation is 1. The fourth-order valence-corrected chi connectivity index (χ4v) is 4.69. The number of benzene rings is 2. The summed E-state index contributed by atoms with van der Waals surface area (Å²) in [4.78, 5) is 27.9. The van der Waals surface area contributed by atoms with E-state index in [-0.39, 0.29) is 40.3 Å². The Morgan fingerprint density at radius 1 is 1.18 bits per heavy atom. The maximum Gasteiger partial charge on any atom is 0.295 e. The Bertz CT molecular complexity index is 1120. The van der Waals surface area contributed by atoms with Gasteiger partial charge in [-0.15, -0.1) is 0 Å². The topological polar surface area (TPSA) is 85.3 Å². The van der Waals surface area contributed by atoms with Crippen molar-refractivity contribution in [2.24, 2.45) is 0 Å². The molecule has 174 valence electrons. The van der Waals surface area contributed by atoms with Crippen molar-refractivity contribution in [3.63, 3.8) is 0 Å². The monoisotopic (exact) mass is 471 g/mol. The molecule has 2 heterocycles. The summed E-state index contributed by atoms with van der Waals surface area (Å²) in [6.45, 7) is 2.83. The Hall–Kier alpha value is -3.03. The van der Waals surface area contributed by atoms with Crippen molar-refractivity contribution in [2.45, 2.75) is 31.9 Å². The maximum absolute atomic E-state index is 13.2. The molecule has 0 spiro atoms. The van der Waals surface area contributed by atoms with Gasteiger partial charge in [-0.25, -0.2) is 0 Å². The van der Waals surface area contributed by atoms with Crippen molar-refractivity contribution >= 4 is 29.1 Å². The van der Waals surface area contributed by atoms with Crippen molar-refractivity contribution in [3.05, 3.63) is 63.7 Å². The summed E-state index contributed by atoms with van der Waals surface area (Å²) >= 11 is 6.30. The number of aliphatic hydroxyl groups is 1. The van der Waals surface area contributed by atoms with E-state index in [1.807, 2.05) is 31.2 Å². The Labute approximate surface area is 197 Å². The van der Waals surface area contributed by atoms with Gasteiger partial charge >= 0.3 is 0 Å². The number of likely N-dealkylation sites (tertiary alicyclic amines) is 1. The van der Waals surface area contributed by atoms with Crippen LogP contribution in [0.1, 0.15) is 35.6 Å². The fourth-order valence-electron chi connectivity index (χ4n) is 4.45. The number of aliphatic hydroxyl groups excluding tert-OH is 1. The zero-order valence-corrected chi connectivity index (χ0v) is 19.5. The highest BCUT2D eigenvalue weighted by Crippen LogP contribution is 2.43. The first kappa shape index (κ1) is 23.1. The number of ether oxygens (including phenoxy) is 3. The molecule has 2 atom stereocenters. The number of carbonyl (C=O) groups is 2. The number of hydrogen-bond acceptors (Lipinski definition) is 6. The summed E-state index contributed by atoms with van der Waals surface area (Å²) in [6.07, 6.45) is 1.57. The summed E-state index contributed by atoms with van der Waals surface area (Å²) in [5, 5.41) is 11.6. The first-order chi connectivity index (χ1) is 15.8. The number of Topliss-reactive ketones (excluding diaryl/α,β-unsaturated/α-hetero) is 1. The lowest BCUT2D eigenvalue weighted by Gasteiger charge is -2.27. The third-order valence-electron chi connectivity index (χ3n) is 6.05. The van der Waals surface area contributed by atoms with Gasteiger partial charge in [0.1, 0.15) is 17.3 Å². The van der Waals surface area contributed by atoms with E-state index < -0.39 is 17.7 Å². The minimum absolute atomic E-state index is 0.0110. The van der Waals surface area contributed by atoms with Crippen LogP contribution in [-0.4, -0.2) is 55.2 Å². The van der Waals surface area contributed by atoms with Crippen LogP contribution < -0.4 is 9.47 Å². The van der Waals surface area contributed by atoms with E-state index in [1.54, 1.807) is 0 Å². The highest BCUT2D eigenvalue weighted by atomic mass is 35.5. The van der Waals surface area contributed by atoms with Crippen LogP contribution in [0.3, 0.4) is 0 Å². The molecule has 1 amide bonds. The maximum atomic E-state index is 13.2. The van der Waals surface area contributed by atoms with E-state index in [2.05, 4.69) is 0 Å². The Kier molecular flexibility index (Phi) is 6.63. The molecular formula is C25H26ClNO6. The second kappa shape index (κ2) is 9.45. The molecule has 2 aromatic carbocycles. The SMILES string of the molecule is COc1cc(OC)c(/C(O)=C2\C(=O)C(=O)N(CC3CCCO3)C2c2cccc(C)c2)cc1Cl. The van der Waals surface area contributed by atoms with Crippen molar-refractivity contribution in [1.82, 2.24) is 4.90 Å². The molecule has 0 aliphatic carbocycles. The molecule has 7 nitrogen and oxygen atoms in total. The average Bonchev–Trinajstić information content (AvgIpc) is 3.41. The van der Waals surface area contributed by atoms with Crippen LogP contribution in [-0.2, 0) is 14.3 Å². The predicted octanol–water partition coefficient (Wildman–Crippen LogP) is 4.27. The van der Waals surface area contributed by atoms with Gasteiger partial charge in [0, 0.05) is 19.2 Å². The summed E-state index contributed by atoms with van der Waals surface area (Å²) < 4.78 is 16.4. The number of amides is 1. The number of halogens is 1. The smallest absolute Gasteiger partial charge is 0.295 e. The lowest BCUT2D eigenvalue weighted by Crippen LogP contribution is -2.36. The highest BCUT2D eigenvalue weighted by Gasteiger charge is 2.47. The van der Waals surface area contributed by atoms with Crippen LogP contribution in [0.15, 0.2) is 42.0 Å². The van der Waals surface area contributed by atoms with Gasteiger partial charge in [0.2, 0.25) is 0 Å². The Morgan fingerprint density at radius 2 is 1.94 bits per heavy atom. The normalized spacial score (nSPS) is 22.1. The van der Waals surface area contributed by atoms with Gasteiger partial charge in [-0.1, -0.05) is 41.4 Å². The molecule has 2 saturated heterocycles. The van der Waals surface area contributed by atoms with Gasteiger partial charge in [0.25, 0.3) is 11.7 Å². The molecule has 0 bridgehead atoms. The molecule has 0 radical (unpaired) electrons. The molecule has 0 aromatic heterocycles. The van der Waals surface area contributed by atoms with Crippen molar-refractivity contribution in [2.75, 3.05) is 27.4 Å². The molecule has 2 aliphatic rings. The van der Waals surface area contributed by atoms with Crippen LogP contribution >= 0.6 is 11.6 Å². The third-order valence-corrected chi connectivity index (χ3v) is 6.35. The van der Waals surface area contributed by atoms with Crippen LogP contribution in [0, 0.1) is 6.92 Å². The number of nitrogens with zero attached hydrogens (tertiary/aromatic N) is 1. The quantitative estimate of drug-likeness (QED) is 0.385. The molecule has 1 N–H and O–H groups in total. The largest absolute Gasteiger partial charge is 0.507 e. The van der Waals surface area contributed by atoms with Crippen molar-refractivity contribution in [3.8, 4) is 11.5 Å². The molecule has 2 unspecified atom stereocenters. The highest BCUT2D eigenvalue weighted by molar-refractivity contribution is 6.46. The lowest BCUT2D eigenvalue weighted by atomic mass is 9.94. The van der Waals surface area contributed by atoms with E-state index in [0.717, 1.165) is 24.0 Å². The minimum atomic E-state index is -0.764. The van der Waals surface area contributed by atoms with Crippen molar-refractivity contribution in [1.29, 1.82) is 0 Å². The van der Waals surface area contributed by atoms with Crippen LogP contribution in [0.25, 0.3) is 5.76 Å². The second-order valence-corrected chi connectivity index (χ2v) is 8.59. The number of rotatable bonds is 6. The van der Waals surface area contributed by atoms with E-state index in [0.29, 0.717) is 12.4 Å². The fraction of sp³-hybridized carbons (Fsp3) is 0.360. The minimum Gasteiger partial charge on any atom is -0.507 e. The number of hydrogen-bond donors (Lipinski definition) is 1. The number of ketones is 1. The molecule has 2 aromatic rings. The van der Waals surface area contributed by atoms with Gasteiger partial charge in [0.15, 0.2) is 0 Å². The van der Waals surface area contributed by atoms with Gasteiger partial charge in [-0.3, -0.25) is 9.59 Å². The molecule has 2 fully saturated rings. The summed E-state index contributed by atoms with van der Waals surface area (Å²) in [6, 6.07) is 9.78. The van der Waals surface area contributed by atoms with E-state index in [1.165, 1.54) is 31.3 Å². The van der Waals surface area contributed by atoms with E-state index >= 15 is 0 Å². The first-order valence-electron chi connectivity index (χ1n) is 10.7. The first-order valence-corrected chi connectivity index (χ1v) is 11.1. The van der Waals surface area contributed by atoms with Crippen LogP contribution in [0.4, 0.5) is 0 Å². The van der Waals surface area contributed by atoms with Crippen molar-refractivity contribution < 1.29 is 28.9 Å². The van der Waals surface area contributed by atoms with E-state index in [9.17, 15) is 14.7 Å². The molecule has 33 heavy (non-hydrogen) atoms. The number of carbonyl (C=O) groups excluding carboxylic acids is 2. The Morgan fingerprint density at radius 3 is 2.58 bits per heavy atom. The van der Waals surface area contributed by atoms with Crippen LogP contribution in [0.2, 0.25) is 5.02 Å². The van der Waals surface area contributed by atoms with Gasteiger partial charge < -0.3 is 24.2 Å². The standard InChI is InChI=1S/C25H26ClNO6/c1-14-6-4-7-15(10-14)22-21(24(29)25(30)27(22)13-16-8-5-9-33-16)23(28)17-11-18(26)20(32-3)12-19(17)31-2/h4,6-7,10-12,16,22,28H,5,8-9,13H2,1-3H3/b23-21+. The zero-order valence-electron chi connectivity index (χ0n) is 18.8. The molecule has 0 saturated carbocycles. The van der Waals surface area contributed by atoms with Crippen LogP contribution in [0.5, 0.6) is 11.5 Å². The lowest BCUT2D eigenvalue weighted by molar-refractivity contribution is -0.140. The van der Waals surface area contributed by atoms with Gasteiger partial charge in [-0.05, 0) is 31.4 Å². The molecule has 4 rings (SSSR count). The Balaban J connectivity index is 1.89. The summed E-state index contributed by atoms with van der Waals surface area (Å²) in [7, 11) is 2.90. The van der Waals surface area contributed by atoms with Gasteiger partial charge in [-0.2, -0.15) is 0 Å². The summed E-state index contributed by atoms with van der Waals surface area (Å²) in [5.41, 5.74) is 1.90. The zero-order chi connectivity index (χ0) is 23.7. The van der Waals surface area contributed by atoms with Gasteiger partial charge in [0.05, 0.1) is 42.5 Å². The molecule has 8 heteroatoms. The second-order valence-electron chi connectivity index (χ2n) is 8.19. The number of methoxy groups -OCH3 is 2. The molecular weight excluding hydrogens is 446 g/mol. The van der Waals surface area contributed by atoms with E-state index in [4.69, 9.17) is 25.8 Å². The molecule has 2 aliphatic heterocycles. The third kappa shape index (κ3) is 4.30. The predicted molar refractivity (Wildman–Crippen MR) is 124 cm³/mol. The summed E-state index contributed by atoms with van der Waals surface area (Å²) in [5.74, 6) is -1.15.